The third-order valence-electron chi connectivity index (χ3n) is 3.83. The number of fused-ring (bicyclic) bond motifs is 3. The minimum atomic E-state index is -0.363. The van der Waals surface area contributed by atoms with E-state index in [0.29, 0.717) is 24.3 Å². The van der Waals surface area contributed by atoms with Crippen molar-refractivity contribution in [2.24, 2.45) is 14.1 Å². The molecule has 10 heteroatoms. The Morgan fingerprint density at radius 1 is 1.32 bits per heavy atom. The molecule has 4 heterocycles. The van der Waals surface area contributed by atoms with Crippen LogP contribution in [0.5, 0.6) is 0 Å². The van der Waals surface area contributed by atoms with Crippen LogP contribution in [0.4, 0.5) is 0 Å². The zero-order valence-electron chi connectivity index (χ0n) is 12.0. The minimum Gasteiger partial charge on any atom is -0.312 e. The summed E-state index contributed by atoms with van der Waals surface area (Å²) < 4.78 is 6.19. The van der Waals surface area contributed by atoms with Crippen LogP contribution in [-0.4, -0.2) is 38.7 Å². The fourth-order valence-corrected chi connectivity index (χ4v) is 3.89. The molecule has 0 amide bonds. The van der Waals surface area contributed by atoms with Crippen molar-refractivity contribution >= 4 is 22.9 Å². The minimum absolute atomic E-state index is 0.232. The van der Waals surface area contributed by atoms with E-state index in [1.807, 2.05) is 4.57 Å². The SMILES string of the molecule is Cn1c(=O)c2c(nc3n2CC(Cn2cncn2)S3)n(C)c1=O. The van der Waals surface area contributed by atoms with Crippen molar-refractivity contribution in [3.05, 3.63) is 33.5 Å². The first-order valence-corrected chi connectivity index (χ1v) is 7.59. The van der Waals surface area contributed by atoms with Gasteiger partial charge in [-0.15, -0.1) is 0 Å². The normalized spacial score (nSPS) is 17.3. The lowest BCUT2D eigenvalue weighted by atomic mass is 10.4. The second kappa shape index (κ2) is 4.57. The molecule has 0 spiro atoms. The molecule has 0 saturated heterocycles. The number of hydrogen-bond donors (Lipinski definition) is 0. The van der Waals surface area contributed by atoms with E-state index in [1.54, 1.807) is 29.8 Å². The second-order valence-corrected chi connectivity index (χ2v) is 6.51. The summed E-state index contributed by atoms with van der Waals surface area (Å²) in [5, 5.41) is 5.09. The molecule has 3 aromatic rings. The molecule has 1 aliphatic heterocycles. The Labute approximate surface area is 128 Å². The van der Waals surface area contributed by atoms with E-state index in [2.05, 4.69) is 15.1 Å². The highest BCUT2D eigenvalue weighted by Gasteiger charge is 2.29. The Balaban J connectivity index is 1.80. The number of rotatable bonds is 2. The summed E-state index contributed by atoms with van der Waals surface area (Å²) in [6, 6.07) is 0. The van der Waals surface area contributed by atoms with Gasteiger partial charge in [0.05, 0.1) is 11.8 Å². The maximum Gasteiger partial charge on any atom is 0.332 e. The highest BCUT2D eigenvalue weighted by molar-refractivity contribution is 8.00. The van der Waals surface area contributed by atoms with Gasteiger partial charge in [0.25, 0.3) is 5.56 Å². The molecule has 0 radical (unpaired) electrons. The third kappa shape index (κ3) is 1.76. The number of hydrogen-bond acceptors (Lipinski definition) is 6. The first-order chi connectivity index (χ1) is 10.6. The summed E-state index contributed by atoms with van der Waals surface area (Å²) >= 11 is 1.59. The van der Waals surface area contributed by atoms with Gasteiger partial charge in [-0.25, -0.2) is 14.8 Å². The van der Waals surface area contributed by atoms with Crippen LogP contribution in [0.15, 0.2) is 27.4 Å². The molecule has 22 heavy (non-hydrogen) atoms. The number of aryl methyl sites for hydroxylation is 1. The van der Waals surface area contributed by atoms with Gasteiger partial charge >= 0.3 is 5.69 Å². The van der Waals surface area contributed by atoms with Crippen LogP contribution in [0, 0.1) is 0 Å². The molecule has 0 aromatic carbocycles. The molecular formula is C12H13N7O2S. The van der Waals surface area contributed by atoms with Gasteiger partial charge in [0.1, 0.15) is 12.7 Å². The van der Waals surface area contributed by atoms with Crippen molar-refractivity contribution in [1.29, 1.82) is 0 Å². The third-order valence-corrected chi connectivity index (χ3v) is 4.98. The van der Waals surface area contributed by atoms with Crippen LogP contribution in [0.2, 0.25) is 0 Å². The van der Waals surface area contributed by atoms with E-state index >= 15 is 0 Å². The van der Waals surface area contributed by atoms with Gasteiger partial charge < -0.3 is 4.57 Å². The second-order valence-electron chi connectivity index (χ2n) is 5.24. The quantitative estimate of drug-likeness (QED) is 0.614. The highest BCUT2D eigenvalue weighted by Crippen LogP contribution is 2.34. The molecule has 1 aliphatic rings. The van der Waals surface area contributed by atoms with E-state index in [0.717, 1.165) is 9.72 Å². The van der Waals surface area contributed by atoms with Gasteiger partial charge in [0.2, 0.25) is 0 Å². The number of imidazole rings is 1. The smallest absolute Gasteiger partial charge is 0.312 e. The zero-order chi connectivity index (χ0) is 15.4. The van der Waals surface area contributed by atoms with Gasteiger partial charge in [-0.1, -0.05) is 11.8 Å². The largest absolute Gasteiger partial charge is 0.332 e. The van der Waals surface area contributed by atoms with Gasteiger partial charge in [0, 0.05) is 20.6 Å². The van der Waals surface area contributed by atoms with E-state index in [4.69, 9.17) is 0 Å². The van der Waals surface area contributed by atoms with E-state index in [9.17, 15) is 9.59 Å². The summed E-state index contributed by atoms with van der Waals surface area (Å²) in [4.78, 5) is 32.7. The van der Waals surface area contributed by atoms with Crippen LogP contribution in [0.3, 0.4) is 0 Å². The topological polar surface area (TPSA) is 92.5 Å². The first kappa shape index (κ1) is 13.3. The lowest BCUT2D eigenvalue weighted by Gasteiger charge is -2.09. The van der Waals surface area contributed by atoms with Crippen molar-refractivity contribution < 1.29 is 0 Å². The van der Waals surface area contributed by atoms with Crippen molar-refractivity contribution in [3.8, 4) is 0 Å². The molecule has 0 aliphatic carbocycles. The summed E-state index contributed by atoms with van der Waals surface area (Å²) in [7, 11) is 3.11. The number of aromatic nitrogens is 7. The highest BCUT2D eigenvalue weighted by atomic mass is 32.2. The molecule has 114 valence electrons. The predicted octanol–water partition coefficient (Wildman–Crippen LogP) is -0.800. The Hall–Kier alpha value is -2.36. The van der Waals surface area contributed by atoms with Crippen molar-refractivity contribution in [3.63, 3.8) is 0 Å². The first-order valence-electron chi connectivity index (χ1n) is 6.71. The molecule has 9 nitrogen and oxygen atoms in total. The van der Waals surface area contributed by atoms with E-state index < -0.39 is 0 Å². The summed E-state index contributed by atoms with van der Waals surface area (Å²) in [5.74, 6) is 0. The van der Waals surface area contributed by atoms with Gasteiger partial charge in [-0.3, -0.25) is 18.6 Å². The summed E-state index contributed by atoms with van der Waals surface area (Å²) in [5.41, 5.74) is 0.250. The van der Waals surface area contributed by atoms with Crippen LogP contribution < -0.4 is 11.2 Å². The Morgan fingerprint density at radius 2 is 2.14 bits per heavy atom. The van der Waals surface area contributed by atoms with Gasteiger partial charge in [-0.05, 0) is 0 Å². The maximum absolute atomic E-state index is 12.4. The summed E-state index contributed by atoms with van der Waals surface area (Å²) in [6.07, 6.45) is 3.17. The van der Waals surface area contributed by atoms with Crippen LogP contribution in [0.25, 0.3) is 11.2 Å². The fourth-order valence-electron chi connectivity index (χ4n) is 2.71. The number of thioether (sulfide) groups is 1. The lowest BCUT2D eigenvalue weighted by Crippen LogP contribution is -2.37. The average Bonchev–Trinajstić information content (AvgIpc) is 3.19. The fraction of sp³-hybridized carbons (Fsp3) is 0.417. The van der Waals surface area contributed by atoms with Crippen molar-refractivity contribution in [2.45, 2.75) is 23.5 Å². The Bertz CT molecular complexity index is 982. The molecule has 0 saturated carbocycles. The van der Waals surface area contributed by atoms with Gasteiger partial charge in [-0.2, -0.15) is 5.10 Å². The maximum atomic E-state index is 12.4. The molecule has 4 rings (SSSR count). The predicted molar refractivity (Wildman–Crippen MR) is 79.9 cm³/mol. The molecule has 0 bridgehead atoms. The average molecular weight is 319 g/mol. The van der Waals surface area contributed by atoms with Crippen molar-refractivity contribution in [2.75, 3.05) is 0 Å². The molecule has 0 N–H and O–H groups in total. The molecule has 3 aromatic heterocycles. The number of nitrogens with zero attached hydrogens (tertiary/aromatic N) is 7. The lowest BCUT2D eigenvalue weighted by molar-refractivity contribution is 0.547. The van der Waals surface area contributed by atoms with Crippen LogP contribution in [0.1, 0.15) is 0 Å². The van der Waals surface area contributed by atoms with E-state index in [1.165, 1.54) is 17.9 Å². The van der Waals surface area contributed by atoms with Crippen LogP contribution in [-0.2, 0) is 27.2 Å². The standard InChI is InChI=1S/C12H13N7O2S/c1-16-9-8(10(20)17(2)12(16)21)19-4-7(22-11(19)15-9)3-18-6-13-5-14-18/h5-7H,3-4H2,1-2H3. The zero-order valence-corrected chi connectivity index (χ0v) is 12.8. The monoisotopic (exact) mass is 319 g/mol. The van der Waals surface area contributed by atoms with Crippen molar-refractivity contribution in [1.82, 2.24) is 33.4 Å². The Morgan fingerprint density at radius 3 is 2.86 bits per heavy atom. The molecule has 1 unspecified atom stereocenters. The van der Waals surface area contributed by atoms with Crippen LogP contribution >= 0.6 is 11.8 Å². The van der Waals surface area contributed by atoms with Gasteiger partial charge in [0.15, 0.2) is 16.3 Å². The molecular weight excluding hydrogens is 306 g/mol. The molecule has 0 fully saturated rings. The molecule has 1 atom stereocenters. The Kier molecular flexibility index (Phi) is 2.76. The summed E-state index contributed by atoms with van der Waals surface area (Å²) in [6.45, 7) is 1.35. The van der Waals surface area contributed by atoms with E-state index in [-0.39, 0.29) is 16.5 Å².